The summed E-state index contributed by atoms with van der Waals surface area (Å²) in [5.74, 6) is 0.208. The topological polar surface area (TPSA) is 64.2 Å². The van der Waals surface area contributed by atoms with Gasteiger partial charge in [0.25, 0.3) is 0 Å². The smallest absolute Gasteiger partial charge is 0.224 e. The highest BCUT2D eigenvalue weighted by molar-refractivity contribution is 5.78. The molecule has 2 atom stereocenters. The number of likely N-dealkylation sites (tertiary alicyclic amines) is 1. The first-order valence-electron chi connectivity index (χ1n) is 8.12. The lowest BCUT2D eigenvalue weighted by atomic mass is 9.96. The highest BCUT2D eigenvalue weighted by Crippen LogP contribution is 2.20. The molecule has 1 aliphatic rings. The van der Waals surface area contributed by atoms with Crippen molar-refractivity contribution in [3.05, 3.63) is 30.6 Å². The van der Waals surface area contributed by atoms with Crippen molar-refractivity contribution in [3.63, 3.8) is 0 Å². The van der Waals surface area contributed by atoms with Crippen LogP contribution in [0, 0.1) is 0 Å². The summed E-state index contributed by atoms with van der Waals surface area (Å²) in [6.45, 7) is 3.51. The molecule has 3 rings (SSSR count). The Kier molecular flexibility index (Phi) is 4.43. The third kappa shape index (κ3) is 2.99. The minimum atomic E-state index is 0.0401. The van der Waals surface area contributed by atoms with E-state index in [0.29, 0.717) is 13.0 Å². The number of amides is 1. The Hall–Kier alpha value is -1.88. The van der Waals surface area contributed by atoms with Gasteiger partial charge in [-0.15, -0.1) is 0 Å². The third-order valence-electron chi connectivity index (χ3n) is 4.57. The van der Waals surface area contributed by atoms with Crippen LogP contribution >= 0.6 is 0 Å². The predicted octanol–water partition coefficient (Wildman–Crippen LogP) is 2.15. The molecular formula is C17H24N4O. The van der Waals surface area contributed by atoms with Crippen molar-refractivity contribution in [3.8, 4) is 0 Å². The number of imidazole rings is 1. The molecule has 0 aliphatic carbocycles. The van der Waals surface area contributed by atoms with Gasteiger partial charge in [0.15, 0.2) is 0 Å². The van der Waals surface area contributed by atoms with Crippen molar-refractivity contribution in [2.24, 2.45) is 5.73 Å². The highest BCUT2D eigenvalue weighted by Gasteiger charge is 2.28. The highest BCUT2D eigenvalue weighted by atomic mass is 16.2. The number of nitrogens with two attached hydrogens (primary N) is 1. The molecule has 0 spiro atoms. The van der Waals surface area contributed by atoms with Crippen molar-refractivity contribution >= 4 is 16.9 Å². The van der Waals surface area contributed by atoms with E-state index in [-0.39, 0.29) is 18.0 Å². The van der Waals surface area contributed by atoms with Gasteiger partial charge in [-0.05, 0) is 38.3 Å². The number of para-hydroxylation sites is 2. The number of aromatic nitrogens is 2. The minimum Gasteiger partial charge on any atom is -0.338 e. The van der Waals surface area contributed by atoms with E-state index >= 15 is 0 Å². The Labute approximate surface area is 131 Å². The molecule has 1 aromatic carbocycles. The molecule has 22 heavy (non-hydrogen) atoms. The molecule has 5 nitrogen and oxygen atoms in total. The van der Waals surface area contributed by atoms with Gasteiger partial charge in [0.05, 0.1) is 17.4 Å². The van der Waals surface area contributed by atoms with E-state index in [9.17, 15) is 4.79 Å². The van der Waals surface area contributed by atoms with Crippen LogP contribution in [-0.4, -0.2) is 39.0 Å². The Balaban J connectivity index is 1.66. The second-order valence-electron chi connectivity index (χ2n) is 6.19. The number of aryl methyl sites for hydroxylation is 1. The number of fused-ring (bicyclic) bond motifs is 1. The van der Waals surface area contributed by atoms with E-state index in [1.807, 2.05) is 42.4 Å². The quantitative estimate of drug-likeness (QED) is 0.941. The molecule has 1 amide bonds. The molecule has 1 aliphatic heterocycles. The lowest BCUT2D eigenvalue weighted by molar-refractivity contribution is -0.135. The first-order chi connectivity index (χ1) is 10.7. The summed E-state index contributed by atoms with van der Waals surface area (Å²) >= 11 is 0. The molecule has 0 radical (unpaired) electrons. The van der Waals surface area contributed by atoms with Gasteiger partial charge in [-0.3, -0.25) is 4.79 Å². The van der Waals surface area contributed by atoms with Crippen molar-refractivity contribution in [2.75, 3.05) is 6.54 Å². The molecule has 0 bridgehead atoms. The molecule has 1 aromatic heterocycles. The Morgan fingerprint density at radius 1 is 1.41 bits per heavy atom. The Morgan fingerprint density at radius 2 is 2.23 bits per heavy atom. The summed E-state index contributed by atoms with van der Waals surface area (Å²) < 4.78 is 2.05. The summed E-state index contributed by atoms with van der Waals surface area (Å²) in [6.07, 6.45) is 5.60. The molecule has 2 aromatic rings. The van der Waals surface area contributed by atoms with E-state index < -0.39 is 0 Å². The molecule has 2 N–H and O–H groups in total. The fraction of sp³-hybridized carbons (Fsp3) is 0.529. The fourth-order valence-electron chi connectivity index (χ4n) is 3.36. The molecule has 1 saturated heterocycles. The standard InChI is InChI=1S/C17H24N4O/c1-13(18)15-7-4-5-10-21(15)17(22)9-11-20-12-19-14-6-2-3-8-16(14)20/h2-3,6,8,12-13,15H,4-5,7,9-11,18H2,1H3. The first kappa shape index (κ1) is 15.0. The number of nitrogens with zero attached hydrogens (tertiary/aromatic N) is 3. The number of hydrogen-bond donors (Lipinski definition) is 1. The van der Waals surface area contributed by atoms with Crippen LogP contribution in [0.25, 0.3) is 11.0 Å². The van der Waals surface area contributed by atoms with Gasteiger partial charge in [-0.1, -0.05) is 12.1 Å². The van der Waals surface area contributed by atoms with Crippen LogP contribution in [0.2, 0.25) is 0 Å². The lowest BCUT2D eigenvalue weighted by Gasteiger charge is -2.38. The van der Waals surface area contributed by atoms with Crippen LogP contribution in [0.4, 0.5) is 0 Å². The van der Waals surface area contributed by atoms with Crippen LogP contribution in [-0.2, 0) is 11.3 Å². The van der Waals surface area contributed by atoms with Crippen molar-refractivity contribution in [1.82, 2.24) is 14.5 Å². The zero-order valence-electron chi connectivity index (χ0n) is 13.1. The average molecular weight is 300 g/mol. The second kappa shape index (κ2) is 6.48. The van der Waals surface area contributed by atoms with E-state index in [1.165, 1.54) is 6.42 Å². The largest absolute Gasteiger partial charge is 0.338 e. The second-order valence-corrected chi connectivity index (χ2v) is 6.19. The summed E-state index contributed by atoms with van der Waals surface area (Å²) in [5.41, 5.74) is 8.11. The number of piperidine rings is 1. The molecule has 1 fully saturated rings. The van der Waals surface area contributed by atoms with E-state index in [4.69, 9.17) is 5.73 Å². The minimum absolute atomic E-state index is 0.0401. The van der Waals surface area contributed by atoms with Gasteiger partial charge in [0.2, 0.25) is 5.91 Å². The van der Waals surface area contributed by atoms with E-state index in [2.05, 4.69) is 9.55 Å². The third-order valence-corrected chi connectivity index (χ3v) is 4.57. The van der Waals surface area contributed by atoms with Crippen molar-refractivity contribution in [2.45, 2.75) is 51.2 Å². The van der Waals surface area contributed by atoms with Gasteiger partial charge < -0.3 is 15.2 Å². The van der Waals surface area contributed by atoms with Crippen molar-refractivity contribution < 1.29 is 4.79 Å². The van der Waals surface area contributed by atoms with Gasteiger partial charge in [0.1, 0.15) is 0 Å². The van der Waals surface area contributed by atoms with Crippen LogP contribution < -0.4 is 5.73 Å². The monoisotopic (exact) mass is 300 g/mol. The molecule has 0 saturated carbocycles. The molecule has 2 heterocycles. The first-order valence-corrected chi connectivity index (χ1v) is 8.12. The number of rotatable bonds is 4. The maximum Gasteiger partial charge on any atom is 0.224 e. The van der Waals surface area contributed by atoms with Gasteiger partial charge in [-0.2, -0.15) is 0 Å². The summed E-state index contributed by atoms with van der Waals surface area (Å²) in [4.78, 5) is 18.9. The van der Waals surface area contributed by atoms with Crippen LogP contribution in [0.15, 0.2) is 30.6 Å². The van der Waals surface area contributed by atoms with E-state index in [0.717, 1.165) is 30.4 Å². The molecule has 118 valence electrons. The Morgan fingerprint density at radius 3 is 3.05 bits per heavy atom. The van der Waals surface area contributed by atoms with E-state index in [1.54, 1.807) is 0 Å². The zero-order valence-corrected chi connectivity index (χ0v) is 13.1. The van der Waals surface area contributed by atoms with Gasteiger partial charge in [-0.25, -0.2) is 4.98 Å². The summed E-state index contributed by atoms with van der Waals surface area (Å²) in [6, 6.07) is 8.24. The number of carbonyl (C=O) groups is 1. The number of hydrogen-bond acceptors (Lipinski definition) is 3. The molecule has 5 heteroatoms. The fourth-order valence-corrected chi connectivity index (χ4v) is 3.36. The van der Waals surface area contributed by atoms with Crippen LogP contribution in [0.5, 0.6) is 0 Å². The predicted molar refractivity (Wildman–Crippen MR) is 87.4 cm³/mol. The van der Waals surface area contributed by atoms with Crippen molar-refractivity contribution in [1.29, 1.82) is 0 Å². The maximum atomic E-state index is 12.6. The lowest BCUT2D eigenvalue weighted by Crippen LogP contribution is -2.51. The average Bonchev–Trinajstić information content (AvgIpc) is 2.96. The van der Waals surface area contributed by atoms with Gasteiger partial charge >= 0.3 is 0 Å². The molecule has 2 unspecified atom stereocenters. The van der Waals surface area contributed by atoms with Gasteiger partial charge in [0, 0.05) is 31.6 Å². The maximum absolute atomic E-state index is 12.6. The number of carbonyl (C=O) groups excluding carboxylic acids is 1. The van der Waals surface area contributed by atoms with Crippen LogP contribution in [0.3, 0.4) is 0 Å². The molecular weight excluding hydrogens is 276 g/mol. The number of benzene rings is 1. The van der Waals surface area contributed by atoms with Crippen LogP contribution in [0.1, 0.15) is 32.6 Å². The normalized spacial score (nSPS) is 20.3. The Bertz CT molecular complexity index is 649. The SMILES string of the molecule is CC(N)C1CCCCN1C(=O)CCn1cnc2ccccc21. The summed E-state index contributed by atoms with van der Waals surface area (Å²) in [7, 11) is 0. The zero-order chi connectivity index (χ0) is 15.5. The summed E-state index contributed by atoms with van der Waals surface area (Å²) in [5, 5.41) is 0.